The maximum absolute atomic E-state index is 2.61. The van der Waals surface area contributed by atoms with Gasteiger partial charge in [0.15, 0.2) is 0 Å². The Hall–Kier alpha value is -0.0400. The first-order valence-electron chi connectivity index (χ1n) is 4.86. The van der Waals surface area contributed by atoms with E-state index < -0.39 is 0 Å². The third kappa shape index (κ3) is 1.58. The van der Waals surface area contributed by atoms with Gasteiger partial charge in [-0.25, -0.2) is 0 Å². The number of likely N-dealkylation sites (tertiary alicyclic amines) is 1. The zero-order valence-electron chi connectivity index (χ0n) is 8.35. The van der Waals surface area contributed by atoms with Crippen molar-refractivity contribution in [1.29, 1.82) is 0 Å². The van der Waals surface area contributed by atoms with Crippen LogP contribution in [0.4, 0.5) is 0 Å². The summed E-state index contributed by atoms with van der Waals surface area (Å²) >= 11 is 0. The van der Waals surface area contributed by atoms with Crippen molar-refractivity contribution in [3.8, 4) is 0 Å². The van der Waals surface area contributed by atoms with Crippen LogP contribution in [-0.4, -0.2) is 24.0 Å². The van der Waals surface area contributed by atoms with E-state index in [1.165, 1.54) is 25.9 Å². The Balaban J connectivity index is 2.63. The minimum absolute atomic E-state index is 0.560. The summed E-state index contributed by atoms with van der Waals surface area (Å²) in [4.78, 5) is 2.61. The summed E-state index contributed by atoms with van der Waals surface area (Å²) in [5.41, 5.74) is 0.560. The molecule has 1 heterocycles. The van der Waals surface area contributed by atoms with Crippen molar-refractivity contribution in [2.75, 3.05) is 13.1 Å². The summed E-state index contributed by atoms with van der Waals surface area (Å²) < 4.78 is 0. The van der Waals surface area contributed by atoms with Crippen molar-refractivity contribution < 1.29 is 0 Å². The lowest BCUT2D eigenvalue weighted by atomic mass is 9.83. The second kappa shape index (κ2) is 3.14. The van der Waals surface area contributed by atoms with Gasteiger partial charge in [-0.3, -0.25) is 0 Å². The Morgan fingerprint density at radius 2 is 2.00 bits per heavy atom. The van der Waals surface area contributed by atoms with Gasteiger partial charge in [0.05, 0.1) is 0 Å². The number of hydrogen-bond donors (Lipinski definition) is 0. The first-order valence-corrected chi connectivity index (χ1v) is 4.86. The predicted molar refractivity (Wildman–Crippen MR) is 49.7 cm³/mol. The van der Waals surface area contributed by atoms with Crippen LogP contribution < -0.4 is 0 Å². The van der Waals surface area contributed by atoms with Crippen LogP contribution >= 0.6 is 0 Å². The van der Waals surface area contributed by atoms with Gasteiger partial charge in [0.25, 0.3) is 0 Å². The van der Waals surface area contributed by atoms with Gasteiger partial charge in [0, 0.05) is 6.04 Å². The van der Waals surface area contributed by atoms with Gasteiger partial charge in [-0.1, -0.05) is 27.7 Å². The first kappa shape index (κ1) is 9.05. The molecule has 1 fully saturated rings. The fraction of sp³-hybridized carbons (Fsp3) is 1.00. The normalized spacial score (nSPS) is 31.1. The lowest BCUT2D eigenvalue weighted by Crippen LogP contribution is -2.35. The smallest absolute Gasteiger partial charge is 0.0144 e. The van der Waals surface area contributed by atoms with E-state index in [4.69, 9.17) is 0 Å². The maximum atomic E-state index is 2.61. The molecule has 0 aromatic rings. The minimum atomic E-state index is 0.560. The monoisotopic (exact) mass is 155 g/mol. The molecule has 1 aliphatic rings. The van der Waals surface area contributed by atoms with Crippen molar-refractivity contribution in [3.63, 3.8) is 0 Å². The van der Waals surface area contributed by atoms with Crippen LogP contribution in [0.2, 0.25) is 0 Å². The molecule has 1 nitrogen and oxygen atoms in total. The highest BCUT2D eigenvalue weighted by molar-refractivity contribution is 4.91. The average Bonchev–Trinajstić information content (AvgIpc) is 2.24. The SMILES string of the molecule is CCC1N(CC)CCC1(C)C. The minimum Gasteiger partial charge on any atom is -0.300 e. The largest absolute Gasteiger partial charge is 0.300 e. The summed E-state index contributed by atoms with van der Waals surface area (Å²) in [6.45, 7) is 11.9. The van der Waals surface area contributed by atoms with Crippen LogP contribution in [0, 0.1) is 5.41 Å². The summed E-state index contributed by atoms with van der Waals surface area (Å²) in [5, 5.41) is 0. The van der Waals surface area contributed by atoms with E-state index in [1.807, 2.05) is 0 Å². The van der Waals surface area contributed by atoms with E-state index >= 15 is 0 Å². The average molecular weight is 155 g/mol. The molecule has 1 rings (SSSR count). The topological polar surface area (TPSA) is 3.24 Å². The van der Waals surface area contributed by atoms with Crippen LogP contribution in [0.3, 0.4) is 0 Å². The van der Waals surface area contributed by atoms with E-state index in [1.54, 1.807) is 0 Å². The second-order valence-electron chi connectivity index (χ2n) is 4.29. The predicted octanol–water partition coefficient (Wildman–Crippen LogP) is 2.52. The fourth-order valence-corrected chi connectivity index (χ4v) is 2.44. The molecule has 1 unspecified atom stereocenters. The Bertz CT molecular complexity index is 129. The molecule has 0 spiro atoms. The fourth-order valence-electron chi connectivity index (χ4n) is 2.44. The molecule has 0 radical (unpaired) electrons. The molecular weight excluding hydrogens is 134 g/mol. The molecule has 0 bridgehead atoms. The summed E-state index contributed by atoms with van der Waals surface area (Å²) in [6, 6.07) is 0.826. The first-order chi connectivity index (χ1) is 5.11. The standard InChI is InChI=1S/C10H21N/c1-5-9-10(3,4)7-8-11(9)6-2/h9H,5-8H2,1-4H3. The quantitative estimate of drug-likeness (QED) is 0.592. The van der Waals surface area contributed by atoms with Crippen molar-refractivity contribution in [2.24, 2.45) is 5.41 Å². The van der Waals surface area contributed by atoms with E-state index in [2.05, 4.69) is 32.6 Å². The molecule has 1 aliphatic heterocycles. The Kier molecular flexibility index (Phi) is 2.58. The van der Waals surface area contributed by atoms with Crippen LogP contribution in [-0.2, 0) is 0 Å². The van der Waals surface area contributed by atoms with Gasteiger partial charge in [-0.15, -0.1) is 0 Å². The zero-order chi connectivity index (χ0) is 8.48. The zero-order valence-corrected chi connectivity index (χ0v) is 8.35. The third-order valence-corrected chi connectivity index (χ3v) is 3.18. The van der Waals surface area contributed by atoms with Crippen molar-refractivity contribution >= 4 is 0 Å². The molecule has 1 atom stereocenters. The van der Waals surface area contributed by atoms with E-state index in [0.717, 1.165) is 6.04 Å². The highest BCUT2D eigenvalue weighted by Gasteiger charge is 2.37. The van der Waals surface area contributed by atoms with Gasteiger partial charge in [-0.05, 0) is 31.3 Å². The van der Waals surface area contributed by atoms with Crippen LogP contribution in [0.5, 0.6) is 0 Å². The van der Waals surface area contributed by atoms with Crippen LogP contribution in [0.15, 0.2) is 0 Å². The molecule has 0 amide bonds. The summed E-state index contributed by atoms with van der Waals surface area (Å²) in [7, 11) is 0. The third-order valence-electron chi connectivity index (χ3n) is 3.18. The summed E-state index contributed by atoms with van der Waals surface area (Å²) in [6.07, 6.45) is 2.68. The Morgan fingerprint density at radius 1 is 1.36 bits per heavy atom. The van der Waals surface area contributed by atoms with Gasteiger partial charge in [0.1, 0.15) is 0 Å². The number of rotatable bonds is 2. The van der Waals surface area contributed by atoms with Crippen LogP contribution in [0.1, 0.15) is 40.5 Å². The Morgan fingerprint density at radius 3 is 2.36 bits per heavy atom. The molecule has 66 valence electrons. The molecule has 0 N–H and O–H groups in total. The molecule has 0 aromatic carbocycles. The van der Waals surface area contributed by atoms with Crippen LogP contribution in [0.25, 0.3) is 0 Å². The van der Waals surface area contributed by atoms with Crippen molar-refractivity contribution in [2.45, 2.75) is 46.6 Å². The molecular formula is C10H21N. The van der Waals surface area contributed by atoms with Gasteiger partial charge in [-0.2, -0.15) is 0 Å². The Labute approximate surface area is 70.8 Å². The van der Waals surface area contributed by atoms with E-state index in [0.29, 0.717) is 5.41 Å². The molecule has 11 heavy (non-hydrogen) atoms. The second-order valence-corrected chi connectivity index (χ2v) is 4.29. The van der Waals surface area contributed by atoms with E-state index in [-0.39, 0.29) is 0 Å². The highest BCUT2D eigenvalue weighted by atomic mass is 15.2. The van der Waals surface area contributed by atoms with Crippen molar-refractivity contribution in [3.05, 3.63) is 0 Å². The molecule has 0 aliphatic carbocycles. The lowest BCUT2D eigenvalue weighted by Gasteiger charge is -2.31. The molecule has 1 heteroatoms. The number of nitrogens with zero attached hydrogens (tertiary/aromatic N) is 1. The van der Waals surface area contributed by atoms with Gasteiger partial charge >= 0.3 is 0 Å². The van der Waals surface area contributed by atoms with Gasteiger partial charge in [0.2, 0.25) is 0 Å². The van der Waals surface area contributed by atoms with E-state index in [9.17, 15) is 0 Å². The van der Waals surface area contributed by atoms with Gasteiger partial charge < -0.3 is 4.90 Å². The molecule has 0 saturated carbocycles. The number of hydrogen-bond acceptors (Lipinski definition) is 1. The highest BCUT2D eigenvalue weighted by Crippen LogP contribution is 2.37. The van der Waals surface area contributed by atoms with Crippen molar-refractivity contribution in [1.82, 2.24) is 4.90 Å². The summed E-state index contributed by atoms with van der Waals surface area (Å²) in [5.74, 6) is 0. The molecule has 1 saturated heterocycles. The lowest BCUT2D eigenvalue weighted by molar-refractivity contribution is 0.183. The molecule has 0 aromatic heterocycles. The maximum Gasteiger partial charge on any atom is 0.0144 e.